The number of aliphatic hydroxyl groups is 1. The molecule has 0 bridgehead atoms. The van der Waals surface area contributed by atoms with Crippen molar-refractivity contribution < 1.29 is 14.6 Å². The molecule has 0 aliphatic carbocycles. The fourth-order valence-electron chi connectivity index (χ4n) is 1.30. The lowest BCUT2D eigenvalue weighted by molar-refractivity contribution is -0.153. The molecule has 0 saturated carbocycles. The third-order valence-electron chi connectivity index (χ3n) is 2.04. The first kappa shape index (κ1) is 11.7. The zero-order valence-electron chi connectivity index (χ0n) is 9.17. The van der Waals surface area contributed by atoms with Crippen molar-refractivity contribution in [2.24, 2.45) is 0 Å². The number of nitrogens with zero attached hydrogens (tertiary/aromatic N) is 2. The first-order chi connectivity index (χ1) is 7.07. The smallest absolute Gasteiger partial charge is 0.341 e. The number of rotatable bonds is 4. The number of hydrogen-bond acceptors (Lipinski definition) is 4. The van der Waals surface area contributed by atoms with Gasteiger partial charge in [0, 0.05) is 6.04 Å². The van der Waals surface area contributed by atoms with Crippen molar-refractivity contribution in [1.29, 1.82) is 0 Å². The molecular weight excluding hydrogens is 196 g/mol. The molecule has 1 atom stereocenters. The number of carbonyl (C=O) groups excluding carboxylic acids is 1. The first-order valence-electron chi connectivity index (χ1n) is 4.94. The normalized spacial score (nSPS) is 12.9. The van der Waals surface area contributed by atoms with Crippen LogP contribution >= 0.6 is 0 Å². The average molecular weight is 212 g/mol. The van der Waals surface area contributed by atoms with Crippen LogP contribution in [0.5, 0.6) is 0 Å². The van der Waals surface area contributed by atoms with Gasteiger partial charge < -0.3 is 14.4 Å². The maximum atomic E-state index is 11.3. The predicted octanol–water partition coefficient (Wildman–Crippen LogP) is 1.06. The Morgan fingerprint density at radius 3 is 2.87 bits per heavy atom. The van der Waals surface area contributed by atoms with E-state index in [4.69, 9.17) is 4.74 Å². The van der Waals surface area contributed by atoms with Gasteiger partial charge in [-0.2, -0.15) is 0 Å². The monoisotopic (exact) mass is 212 g/mol. The number of esters is 1. The van der Waals surface area contributed by atoms with Gasteiger partial charge >= 0.3 is 5.97 Å². The highest BCUT2D eigenvalue weighted by molar-refractivity contribution is 5.75. The lowest BCUT2D eigenvalue weighted by atomic mass is 10.2. The van der Waals surface area contributed by atoms with E-state index in [-0.39, 0.29) is 12.6 Å². The molecule has 1 unspecified atom stereocenters. The van der Waals surface area contributed by atoms with Gasteiger partial charge in [0.15, 0.2) is 6.10 Å². The minimum absolute atomic E-state index is 0.145. The highest BCUT2D eigenvalue weighted by Gasteiger charge is 2.23. The van der Waals surface area contributed by atoms with Crippen LogP contribution in [0.25, 0.3) is 0 Å². The zero-order valence-corrected chi connectivity index (χ0v) is 9.17. The summed E-state index contributed by atoms with van der Waals surface area (Å²) in [7, 11) is 0. The van der Waals surface area contributed by atoms with E-state index in [9.17, 15) is 9.90 Å². The van der Waals surface area contributed by atoms with Gasteiger partial charge in [-0.3, -0.25) is 0 Å². The molecule has 1 heterocycles. The zero-order chi connectivity index (χ0) is 11.4. The molecule has 1 N–H and O–H groups in total. The molecule has 1 aromatic rings. The number of ether oxygens (including phenoxy) is 1. The Labute approximate surface area is 88.7 Å². The number of aliphatic hydroxyl groups excluding tert-OH is 1. The van der Waals surface area contributed by atoms with Gasteiger partial charge in [-0.05, 0) is 20.8 Å². The van der Waals surface area contributed by atoms with E-state index in [1.54, 1.807) is 17.8 Å². The Morgan fingerprint density at radius 1 is 1.67 bits per heavy atom. The molecule has 1 aromatic heterocycles. The Kier molecular flexibility index (Phi) is 3.85. The Hall–Kier alpha value is -1.36. The lowest BCUT2D eigenvalue weighted by Gasteiger charge is -2.15. The van der Waals surface area contributed by atoms with Crippen LogP contribution in [0, 0.1) is 0 Å². The van der Waals surface area contributed by atoms with Gasteiger partial charge in [-0.1, -0.05) is 0 Å². The van der Waals surface area contributed by atoms with E-state index < -0.39 is 12.1 Å². The Balaban J connectivity index is 2.85. The van der Waals surface area contributed by atoms with Crippen molar-refractivity contribution in [3.05, 3.63) is 18.2 Å². The van der Waals surface area contributed by atoms with Crippen LogP contribution in [0.1, 0.15) is 38.6 Å². The summed E-state index contributed by atoms with van der Waals surface area (Å²) in [4.78, 5) is 15.2. The molecule has 0 saturated heterocycles. The van der Waals surface area contributed by atoms with Crippen molar-refractivity contribution in [2.45, 2.75) is 32.9 Å². The molecule has 0 aliphatic rings. The molecule has 5 nitrogen and oxygen atoms in total. The molecule has 84 valence electrons. The molecule has 0 radical (unpaired) electrons. The fourth-order valence-corrected chi connectivity index (χ4v) is 1.30. The summed E-state index contributed by atoms with van der Waals surface area (Å²) in [6.45, 7) is 5.85. The second-order valence-corrected chi connectivity index (χ2v) is 3.47. The van der Waals surface area contributed by atoms with E-state index in [1.807, 2.05) is 13.8 Å². The first-order valence-corrected chi connectivity index (χ1v) is 4.94. The van der Waals surface area contributed by atoms with Crippen LogP contribution < -0.4 is 0 Å². The highest BCUT2D eigenvalue weighted by atomic mass is 16.5. The molecule has 0 amide bonds. The van der Waals surface area contributed by atoms with Gasteiger partial charge in [0.2, 0.25) is 0 Å². The lowest BCUT2D eigenvalue weighted by Crippen LogP contribution is -2.19. The summed E-state index contributed by atoms with van der Waals surface area (Å²) in [6.07, 6.45) is 1.80. The van der Waals surface area contributed by atoms with E-state index in [1.165, 1.54) is 6.20 Å². The minimum atomic E-state index is -1.25. The minimum Gasteiger partial charge on any atom is -0.464 e. The van der Waals surface area contributed by atoms with Crippen LogP contribution in [0.2, 0.25) is 0 Å². The van der Waals surface area contributed by atoms with Gasteiger partial charge in [-0.25, -0.2) is 9.78 Å². The summed E-state index contributed by atoms with van der Waals surface area (Å²) >= 11 is 0. The van der Waals surface area contributed by atoms with E-state index in [0.29, 0.717) is 5.69 Å². The van der Waals surface area contributed by atoms with Crippen LogP contribution in [0.3, 0.4) is 0 Å². The summed E-state index contributed by atoms with van der Waals surface area (Å²) in [5.41, 5.74) is 0.462. The van der Waals surface area contributed by atoms with Gasteiger partial charge in [0.05, 0.1) is 24.8 Å². The van der Waals surface area contributed by atoms with Crippen LogP contribution in [0.4, 0.5) is 0 Å². The SMILES string of the molecule is CCOC(=O)C(O)c1cncn1C(C)C. The summed E-state index contributed by atoms with van der Waals surface area (Å²) in [6, 6.07) is 0.145. The second-order valence-electron chi connectivity index (χ2n) is 3.47. The van der Waals surface area contributed by atoms with Crippen LogP contribution in [-0.4, -0.2) is 27.2 Å². The topological polar surface area (TPSA) is 64.3 Å². The van der Waals surface area contributed by atoms with Gasteiger partial charge in [0.1, 0.15) is 0 Å². The molecule has 0 fully saturated rings. The number of imidazole rings is 1. The molecule has 5 heteroatoms. The number of aromatic nitrogens is 2. The van der Waals surface area contributed by atoms with Crippen LogP contribution in [0.15, 0.2) is 12.5 Å². The van der Waals surface area contributed by atoms with Gasteiger partial charge in [-0.15, -0.1) is 0 Å². The summed E-state index contributed by atoms with van der Waals surface area (Å²) in [5, 5.41) is 9.70. The van der Waals surface area contributed by atoms with Crippen LogP contribution in [-0.2, 0) is 9.53 Å². The third kappa shape index (κ3) is 2.56. The molecular formula is C10H16N2O3. The maximum Gasteiger partial charge on any atom is 0.341 e. The van der Waals surface area contributed by atoms with E-state index in [0.717, 1.165) is 0 Å². The standard InChI is InChI=1S/C10H16N2O3/c1-4-15-10(14)9(13)8-5-11-6-12(8)7(2)3/h5-7,9,13H,4H2,1-3H3. The quantitative estimate of drug-likeness (QED) is 0.758. The molecule has 1 rings (SSSR count). The summed E-state index contributed by atoms with van der Waals surface area (Å²) in [5.74, 6) is -0.639. The van der Waals surface area contributed by atoms with E-state index >= 15 is 0 Å². The average Bonchev–Trinajstić information content (AvgIpc) is 2.65. The predicted molar refractivity (Wildman–Crippen MR) is 54.2 cm³/mol. The molecule has 0 aliphatic heterocycles. The van der Waals surface area contributed by atoms with E-state index in [2.05, 4.69) is 4.98 Å². The highest BCUT2D eigenvalue weighted by Crippen LogP contribution is 2.17. The molecule has 0 aromatic carbocycles. The molecule has 0 spiro atoms. The number of carbonyl (C=O) groups is 1. The third-order valence-corrected chi connectivity index (χ3v) is 2.04. The maximum absolute atomic E-state index is 11.3. The van der Waals surface area contributed by atoms with Gasteiger partial charge in [0.25, 0.3) is 0 Å². The van der Waals surface area contributed by atoms with Crippen molar-refractivity contribution in [3.8, 4) is 0 Å². The largest absolute Gasteiger partial charge is 0.464 e. The van der Waals surface area contributed by atoms with Crippen molar-refractivity contribution in [1.82, 2.24) is 9.55 Å². The Morgan fingerprint density at radius 2 is 2.33 bits per heavy atom. The molecule has 15 heavy (non-hydrogen) atoms. The van der Waals surface area contributed by atoms with Crippen molar-refractivity contribution in [2.75, 3.05) is 6.61 Å². The fraction of sp³-hybridized carbons (Fsp3) is 0.600. The second kappa shape index (κ2) is 4.93. The van der Waals surface area contributed by atoms with Crippen molar-refractivity contribution >= 4 is 5.97 Å². The van der Waals surface area contributed by atoms with Crippen molar-refractivity contribution in [3.63, 3.8) is 0 Å². The summed E-state index contributed by atoms with van der Waals surface area (Å²) < 4.78 is 6.47. The number of hydrogen-bond donors (Lipinski definition) is 1. The Bertz CT molecular complexity index is 333.